The van der Waals surface area contributed by atoms with Crippen LogP contribution in [-0.4, -0.2) is 9.97 Å². The molecular weight excluding hydrogens is 354 g/mol. The first-order valence-corrected chi connectivity index (χ1v) is 9.27. The van der Waals surface area contributed by atoms with Gasteiger partial charge in [0.25, 0.3) is 5.56 Å². The standard InChI is InChI=1S/C19H14ClN3OS/c20-14(9-11-4-3-5-12(8-11)10-21)17-22-18(24)16-13-6-1-2-7-15(13)25-19(16)23-17/h3-5,8-9H,1-2,6-7H2,(H,22,23,24)/b14-9-. The molecule has 0 atom stereocenters. The number of rotatable bonds is 2. The van der Waals surface area contributed by atoms with Crippen molar-refractivity contribution in [2.24, 2.45) is 0 Å². The number of halogens is 1. The van der Waals surface area contributed by atoms with Crippen molar-refractivity contribution in [3.05, 3.63) is 62.0 Å². The number of thiophene rings is 1. The second kappa shape index (κ2) is 6.47. The first kappa shape index (κ1) is 16.1. The molecule has 3 aromatic rings. The average Bonchev–Trinajstić information content (AvgIpc) is 3.00. The van der Waals surface area contributed by atoms with Gasteiger partial charge in [-0.2, -0.15) is 5.26 Å². The van der Waals surface area contributed by atoms with Crippen molar-refractivity contribution in [2.45, 2.75) is 25.7 Å². The van der Waals surface area contributed by atoms with Crippen molar-refractivity contribution in [1.82, 2.24) is 9.97 Å². The maximum absolute atomic E-state index is 12.6. The number of aryl methyl sites for hydroxylation is 2. The highest BCUT2D eigenvalue weighted by atomic mass is 35.5. The van der Waals surface area contributed by atoms with E-state index in [-0.39, 0.29) is 5.56 Å². The van der Waals surface area contributed by atoms with Crippen LogP contribution < -0.4 is 5.56 Å². The lowest BCUT2D eigenvalue weighted by molar-refractivity contribution is 0.700. The van der Waals surface area contributed by atoms with Crippen LogP contribution in [0.25, 0.3) is 21.3 Å². The van der Waals surface area contributed by atoms with Crippen LogP contribution in [-0.2, 0) is 12.8 Å². The van der Waals surface area contributed by atoms with Crippen LogP contribution in [0.4, 0.5) is 0 Å². The van der Waals surface area contributed by atoms with E-state index in [1.165, 1.54) is 11.3 Å². The first-order chi connectivity index (χ1) is 12.2. The number of benzene rings is 1. The van der Waals surface area contributed by atoms with Gasteiger partial charge in [0, 0.05) is 4.88 Å². The van der Waals surface area contributed by atoms with Crippen molar-refractivity contribution in [2.75, 3.05) is 0 Å². The van der Waals surface area contributed by atoms with Gasteiger partial charge in [-0.15, -0.1) is 11.3 Å². The molecule has 0 unspecified atom stereocenters. The number of hydrogen-bond donors (Lipinski definition) is 1. The van der Waals surface area contributed by atoms with Gasteiger partial charge in [-0.3, -0.25) is 4.79 Å². The van der Waals surface area contributed by atoms with Gasteiger partial charge >= 0.3 is 0 Å². The predicted molar refractivity (Wildman–Crippen MR) is 102 cm³/mol. The summed E-state index contributed by atoms with van der Waals surface area (Å²) in [5.41, 5.74) is 2.38. The third-order valence-corrected chi connectivity index (χ3v) is 5.83. The molecular formula is C19H14ClN3OS. The van der Waals surface area contributed by atoms with Crippen LogP contribution in [0.1, 0.15) is 40.2 Å². The minimum Gasteiger partial charge on any atom is -0.305 e. The quantitative estimate of drug-likeness (QED) is 0.726. The number of fused-ring (bicyclic) bond motifs is 3. The zero-order valence-corrected chi connectivity index (χ0v) is 14.9. The molecule has 0 saturated carbocycles. The van der Waals surface area contributed by atoms with E-state index in [0.717, 1.165) is 40.6 Å². The summed E-state index contributed by atoms with van der Waals surface area (Å²) < 4.78 is 0. The third kappa shape index (κ3) is 2.99. The Morgan fingerprint density at radius 1 is 1.36 bits per heavy atom. The lowest BCUT2D eigenvalue weighted by atomic mass is 9.97. The van der Waals surface area contributed by atoms with E-state index >= 15 is 0 Å². The average molecular weight is 368 g/mol. The second-order valence-electron chi connectivity index (χ2n) is 6.04. The largest absolute Gasteiger partial charge is 0.305 e. The maximum Gasteiger partial charge on any atom is 0.260 e. The summed E-state index contributed by atoms with van der Waals surface area (Å²) in [6.45, 7) is 0. The Hall–Kier alpha value is -2.42. The van der Waals surface area contributed by atoms with Crippen LogP contribution in [0.15, 0.2) is 29.1 Å². The Bertz CT molecular complexity index is 1100. The number of aromatic amines is 1. The van der Waals surface area contributed by atoms with Crippen molar-refractivity contribution in [3.63, 3.8) is 0 Å². The molecule has 2 heterocycles. The molecule has 4 rings (SSSR count). The second-order valence-corrected chi connectivity index (χ2v) is 7.53. The van der Waals surface area contributed by atoms with E-state index in [2.05, 4.69) is 16.0 Å². The van der Waals surface area contributed by atoms with Crippen LogP contribution in [0.5, 0.6) is 0 Å². The third-order valence-electron chi connectivity index (χ3n) is 4.36. The Morgan fingerprint density at radius 2 is 2.20 bits per heavy atom. The van der Waals surface area contributed by atoms with Gasteiger partial charge in [-0.25, -0.2) is 4.98 Å². The van der Waals surface area contributed by atoms with E-state index in [9.17, 15) is 4.79 Å². The SMILES string of the molecule is N#Cc1cccc(/C=C(\Cl)c2nc3sc4c(c3c(=O)[nH]2)CCCC4)c1. The number of aromatic nitrogens is 2. The summed E-state index contributed by atoms with van der Waals surface area (Å²) in [7, 11) is 0. The van der Waals surface area contributed by atoms with Gasteiger partial charge in [0.2, 0.25) is 0 Å². The molecule has 0 bridgehead atoms. The molecule has 4 nitrogen and oxygen atoms in total. The number of nitrogens with one attached hydrogen (secondary N) is 1. The Labute approximate surface area is 153 Å². The Morgan fingerprint density at radius 3 is 3.04 bits per heavy atom. The molecule has 1 aliphatic rings. The van der Waals surface area contributed by atoms with Gasteiger partial charge in [0.05, 0.1) is 22.1 Å². The van der Waals surface area contributed by atoms with Crippen LogP contribution in [0.3, 0.4) is 0 Å². The van der Waals surface area contributed by atoms with Crippen LogP contribution >= 0.6 is 22.9 Å². The van der Waals surface area contributed by atoms with E-state index < -0.39 is 0 Å². The fraction of sp³-hybridized carbons (Fsp3) is 0.211. The van der Waals surface area contributed by atoms with E-state index in [1.807, 2.05) is 6.07 Å². The number of nitriles is 1. The summed E-state index contributed by atoms with van der Waals surface area (Å²) in [5, 5.41) is 10.1. The minimum atomic E-state index is -0.128. The molecule has 0 amide bonds. The van der Waals surface area contributed by atoms with Crippen molar-refractivity contribution >= 4 is 44.3 Å². The zero-order chi connectivity index (χ0) is 17.4. The number of hydrogen-bond acceptors (Lipinski definition) is 4. The van der Waals surface area contributed by atoms with Crippen molar-refractivity contribution < 1.29 is 0 Å². The molecule has 0 fully saturated rings. The molecule has 0 aliphatic heterocycles. The highest BCUT2D eigenvalue weighted by Crippen LogP contribution is 2.34. The first-order valence-electron chi connectivity index (χ1n) is 8.08. The maximum atomic E-state index is 12.6. The van der Waals surface area contributed by atoms with Crippen LogP contribution in [0, 0.1) is 11.3 Å². The molecule has 2 aromatic heterocycles. The van der Waals surface area contributed by atoms with E-state index in [1.54, 1.807) is 35.6 Å². The predicted octanol–water partition coefficient (Wildman–Crippen LogP) is 4.47. The number of H-pyrrole nitrogens is 1. The van der Waals surface area contributed by atoms with Gasteiger partial charge in [-0.05, 0) is 55.0 Å². The van der Waals surface area contributed by atoms with Crippen LogP contribution in [0.2, 0.25) is 0 Å². The molecule has 124 valence electrons. The molecule has 6 heteroatoms. The summed E-state index contributed by atoms with van der Waals surface area (Å²) in [6.07, 6.45) is 5.97. The fourth-order valence-corrected chi connectivity index (χ4v) is 4.67. The normalized spacial score (nSPS) is 14.3. The van der Waals surface area contributed by atoms with E-state index in [0.29, 0.717) is 16.4 Å². The summed E-state index contributed by atoms with van der Waals surface area (Å²) in [5.74, 6) is 0.361. The fourth-order valence-electron chi connectivity index (χ4n) is 3.19. The van der Waals surface area contributed by atoms with Gasteiger partial charge in [0.15, 0.2) is 5.82 Å². The van der Waals surface area contributed by atoms with Gasteiger partial charge in [0.1, 0.15) is 4.83 Å². The summed E-state index contributed by atoms with van der Waals surface area (Å²) >= 11 is 7.98. The molecule has 0 spiro atoms. The summed E-state index contributed by atoms with van der Waals surface area (Å²) in [6, 6.07) is 9.21. The molecule has 1 aromatic carbocycles. The molecule has 25 heavy (non-hydrogen) atoms. The molecule has 1 aliphatic carbocycles. The van der Waals surface area contributed by atoms with Gasteiger partial charge < -0.3 is 4.98 Å². The Balaban J connectivity index is 1.80. The van der Waals surface area contributed by atoms with Gasteiger partial charge in [-0.1, -0.05) is 23.7 Å². The van der Waals surface area contributed by atoms with E-state index in [4.69, 9.17) is 16.9 Å². The smallest absolute Gasteiger partial charge is 0.260 e. The van der Waals surface area contributed by atoms with Crippen molar-refractivity contribution in [3.8, 4) is 6.07 Å². The monoisotopic (exact) mass is 367 g/mol. The topological polar surface area (TPSA) is 69.5 Å². The minimum absolute atomic E-state index is 0.128. The molecule has 0 saturated heterocycles. The summed E-state index contributed by atoms with van der Waals surface area (Å²) in [4.78, 5) is 22.0. The molecule has 1 N–H and O–H groups in total. The Kier molecular flexibility index (Phi) is 4.16. The zero-order valence-electron chi connectivity index (χ0n) is 13.3. The lowest BCUT2D eigenvalue weighted by Crippen LogP contribution is -2.12. The number of nitrogens with zero attached hydrogens (tertiary/aromatic N) is 2. The molecule has 0 radical (unpaired) electrons. The highest BCUT2D eigenvalue weighted by molar-refractivity contribution is 7.18. The highest BCUT2D eigenvalue weighted by Gasteiger charge is 2.20. The van der Waals surface area contributed by atoms with Crippen molar-refractivity contribution in [1.29, 1.82) is 5.26 Å². The lowest BCUT2D eigenvalue weighted by Gasteiger charge is -2.09.